The van der Waals surface area contributed by atoms with Crippen LogP contribution < -0.4 is 33.9 Å². The minimum absolute atomic E-state index is 0.0197. The van der Waals surface area contributed by atoms with E-state index in [-0.39, 0.29) is 149 Å². The second kappa shape index (κ2) is 36.3. The highest BCUT2D eigenvalue weighted by molar-refractivity contribution is 8.44. The Hall–Kier alpha value is -7.66. The number of aromatic amines is 3. The van der Waals surface area contributed by atoms with Crippen LogP contribution in [-0.2, 0) is 127 Å². The number of nitrogens with one attached hydrogen (secondary N) is 3. The number of thioether (sulfide) groups is 1. The maximum Gasteiger partial charge on any atom is 0.472 e. The summed E-state index contributed by atoms with van der Waals surface area (Å²) in [5.41, 5.74) is 15.3. The predicted molar refractivity (Wildman–Crippen MR) is 457 cm³/mol. The van der Waals surface area contributed by atoms with Crippen molar-refractivity contribution in [2.24, 2.45) is 15.0 Å². The maximum absolute atomic E-state index is 16.0. The van der Waals surface area contributed by atoms with Crippen LogP contribution in [0.5, 0.6) is 0 Å². The van der Waals surface area contributed by atoms with Gasteiger partial charge in [-0.3, -0.25) is 107 Å². The Balaban J connectivity index is 0.000000129. The highest BCUT2D eigenvalue weighted by Crippen LogP contribution is 2.62. The Labute approximate surface area is 762 Å². The number of thiol groups is 1. The van der Waals surface area contributed by atoms with E-state index in [4.69, 9.17) is 131 Å². The fraction of sp³-hybridized carbons (Fsp3) is 0.524. The third kappa shape index (κ3) is 18.8. The first-order valence-electron chi connectivity index (χ1n) is 39.2. The number of hydrogen-bond acceptors (Lipinski definition) is 47. The Kier molecular flexibility index (Phi) is 25.7. The van der Waals surface area contributed by atoms with E-state index < -0.39 is 219 Å². The largest absolute Gasteiger partial charge is 0.472 e. The lowest BCUT2D eigenvalue weighted by Crippen LogP contribution is -2.36. The monoisotopic (exact) mass is 2070 g/mol. The van der Waals surface area contributed by atoms with Crippen molar-refractivity contribution in [1.29, 1.82) is 0 Å². The minimum atomic E-state index is -5.06. The molecular weight excluding hydrogens is 2010 g/mol. The molecule has 0 saturated carbocycles. The zero-order valence-corrected chi connectivity index (χ0v) is 76.2. The fourth-order valence-corrected chi connectivity index (χ4v) is 25.6. The normalized spacial score (nSPS) is 38.1. The summed E-state index contributed by atoms with van der Waals surface area (Å²) in [5, 5.41) is 20.1. The molecule has 70 heteroatoms. The number of imidazole rings is 6. The molecule has 9 fully saturated rings. The minimum Gasteiger partial charge on any atom is -0.389 e. The quantitative estimate of drug-likeness (QED) is 0.0823. The third-order valence-electron chi connectivity index (χ3n) is 22.0. The summed E-state index contributed by atoms with van der Waals surface area (Å²) >= 11 is 20.7. The van der Waals surface area contributed by atoms with Crippen LogP contribution in [0.3, 0.4) is 0 Å². The summed E-state index contributed by atoms with van der Waals surface area (Å²) in [7, 11) is -10.1. The number of H-pyrrole nitrogens is 3. The number of phosphoric acid groups is 2. The van der Waals surface area contributed by atoms with Crippen LogP contribution in [0.25, 0.3) is 33.5 Å². The maximum atomic E-state index is 16.0. The number of hydrogen-bond donors (Lipinski definition) is 14. The molecular formula is C63H70F2N24O33P6S5. The summed E-state index contributed by atoms with van der Waals surface area (Å²) < 4.78 is 175. The average molecular weight is 2080 g/mol. The first-order valence-corrected chi connectivity index (χ1v) is 53.6. The molecule has 0 amide bonds. The molecule has 6 unspecified atom stereocenters. The molecule has 9 aromatic heterocycles. The summed E-state index contributed by atoms with van der Waals surface area (Å²) in [6.45, 7) is -19.8. The van der Waals surface area contributed by atoms with Crippen LogP contribution in [0, 0.1) is 0 Å². The number of carbonyl (C=O) groups excluding carboxylic acids is 3. The zero-order chi connectivity index (χ0) is 93.8. The summed E-state index contributed by atoms with van der Waals surface area (Å²) in [6.07, 6.45) is -16.1. The van der Waals surface area contributed by atoms with Crippen LogP contribution >= 0.6 is 66.6 Å². The first kappa shape index (κ1) is 94.3. The van der Waals surface area contributed by atoms with Crippen molar-refractivity contribution in [2.45, 2.75) is 166 Å². The topological polar surface area (TPSA) is 760 Å². The van der Waals surface area contributed by atoms with Crippen LogP contribution in [0.15, 0.2) is 67.3 Å². The van der Waals surface area contributed by atoms with Gasteiger partial charge in [0.2, 0.25) is 17.8 Å². The molecule has 0 radical (unpaired) electrons. The smallest absolute Gasteiger partial charge is 0.389 e. The molecule has 9 saturated heterocycles. The Morgan fingerprint density at radius 3 is 1.26 bits per heavy atom. The number of Topliss-reactive ketones (excluding diaryl/α,β-unsaturated/α-hetero) is 3. The summed E-state index contributed by atoms with van der Waals surface area (Å²) in [6, 6.07) is 0. The van der Waals surface area contributed by atoms with Gasteiger partial charge in [0.25, 0.3) is 16.7 Å². The number of aliphatic imine (C=N–C) groups is 3. The van der Waals surface area contributed by atoms with Crippen molar-refractivity contribution < 1.29 is 150 Å². The van der Waals surface area contributed by atoms with Crippen LogP contribution in [0.1, 0.15) is 100 Å². The van der Waals surface area contributed by atoms with E-state index in [2.05, 4.69) is 87.0 Å². The Morgan fingerprint density at radius 1 is 0.421 bits per heavy atom. The van der Waals surface area contributed by atoms with Gasteiger partial charge in [-0.25, -0.2) is 67.4 Å². The molecule has 0 spiro atoms. The lowest BCUT2D eigenvalue weighted by molar-refractivity contribution is -0.0599. The van der Waals surface area contributed by atoms with Crippen LogP contribution in [0.4, 0.5) is 44.1 Å². The number of nitrogens with zero attached hydrogens (tertiary/aromatic N) is 18. The fourth-order valence-electron chi connectivity index (χ4n) is 16.2. The number of halogens is 2. The van der Waals surface area contributed by atoms with E-state index >= 15 is 8.78 Å². The summed E-state index contributed by atoms with van der Waals surface area (Å²) in [4.78, 5) is 184. The second-order valence-electron chi connectivity index (χ2n) is 30.7. The SMILES string of the molecule is Nc1nc2c(ncn2[C@@H]2O[C@@H]3COP(O)(=S)O[C@H]4[C@H](F)[C@H](n5cnc6c5N=CCC6=O)O[C@@H]4COP(=O)(S)O[C@@H]2C3)c(=O)[nH]1.Nc1nc2c(ncn2[C@@H]2O[C@@H]3COP(O)(=S)O[C@H]4[C@H](F)[C@H](n5cnc6c5N=CCC6=O)O[C@@H]4COP(O)(=S)O[C@@H]2C3)c(=O)[nH]1.Nc1nc2c(ncn2[C@@H]2S[C@@H]3COP(=O)(O)O[C@H]4[C@@H](O)[C@H](n5cnc6c5N=CCC6=O)O[C@@H]4COP(=O)(O)O[C@@H]2[C@@H]3O)c(=O)[nH]1. The zero-order valence-electron chi connectivity index (χ0n) is 66.7. The van der Waals surface area contributed by atoms with E-state index in [9.17, 15) is 77.1 Å². The number of ketones is 3. The predicted octanol–water partition coefficient (Wildman–Crippen LogP) is 1.28. The van der Waals surface area contributed by atoms with Gasteiger partial charge >= 0.3 is 42.6 Å². The molecule has 12 aliphatic heterocycles. The Bertz CT molecular complexity index is 6520. The number of aliphatic hydroxyl groups is 2. The number of nitrogens with two attached hydrogens (primary N) is 3. The van der Waals surface area contributed by atoms with Gasteiger partial charge in [-0.15, -0.1) is 11.8 Å². The second-order valence-corrected chi connectivity index (χ2v) is 46.1. The molecule has 21 rings (SSSR count). The number of rotatable bonds is 6. The van der Waals surface area contributed by atoms with Crippen molar-refractivity contribution >= 4 is 207 Å². The van der Waals surface area contributed by atoms with Gasteiger partial charge in [-0.2, -0.15) is 15.0 Å². The first-order chi connectivity index (χ1) is 63.1. The molecule has 0 aliphatic carbocycles. The number of anilines is 3. The molecule has 16 N–H and O–H groups in total. The van der Waals surface area contributed by atoms with Gasteiger partial charge in [0, 0.05) is 50.7 Å². The number of nitrogen functional groups attached to an aromatic ring is 3. The van der Waals surface area contributed by atoms with Gasteiger partial charge in [-0.1, -0.05) is 12.2 Å². The van der Waals surface area contributed by atoms with E-state index in [1.807, 2.05) is 0 Å². The van der Waals surface area contributed by atoms with Crippen LogP contribution in [0.2, 0.25) is 0 Å². The molecule has 12 aliphatic rings. The van der Waals surface area contributed by atoms with E-state index in [0.29, 0.717) is 0 Å². The number of fused-ring (bicyclic) bond motifs is 15. The highest BCUT2D eigenvalue weighted by atomic mass is 32.7. The lowest BCUT2D eigenvalue weighted by Gasteiger charge is -2.27. The van der Waals surface area contributed by atoms with Crippen molar-refractivity contribution in [3.05, 3.63) is 86.1 Å². The molecule has 9 aromatic rings. The van der Waals surface area contributed by atoms with Crippen molar-refractivity contribution in [1.82, 2.24) is 87.2 Å². The molecule has 28 atom stereocenters. The van der Waals surface area contributed by atoms with Crippen molar-refractivity contribution in [2.75, 3.05) is 56.8 Å². The number of ether oxygens (including phenoxy) is 5. The average Bonchev–Trinajstić information content (AvgIpc) is 1.60. The van der Waals surface area contributed by atoms with Gasteiger partial charge < -0.3 is 93.7 Å². The van der Waals surface area contributed by atoms with E-state index in [1.165, 1.54) is 84.0 Å². The number of aliphatic hydroxyl groups excluding tert-OH is 2. The molecule has 6 bridgehead atoms. The Morgan fingerprint density at radius 2 is 0.789 bits per heavy atom. The van der Waals surface area contributed by atoms with Gasteiger partial charge in [0.15, 0.2) is 129 Å². The van der Waals surface area contributed by atoms with Gasteiger partial charge in [0.1, 0.15) is 66.4 Å². The highest BCUT2D eigenvalue weighted by Gasteiger charge is 2.58. The number of aromatic nitrogens is 18. The molecule has 133 heavy (non-hydrogen) atoms. The lowest BCUT2D eigenvalue weighted by atomic mass is 10.1. The van der Waals surface area contributed by atoms with Crippen LogP contribution in [-0.4, -0.2) is 294 Å². The van der Waals surface area contributed by atoms with Crippen molar-refractivity contribution in [3.8, 4) is 0 Å². The third-order valence-corrected chi connectivity index (χ3v) is 31.9. The van der Waals surface area contributed by atoms with Crippen molar-refractivity contribution in [3.63, 3.8) is 0 Å². The van der Waals surface area contributed by atoms with E-state index in [1.54, 1.807) is 0 Å². The number of carbonyl (C=O) groups is 3. The number of phosphoric ester groups is 2. The standard InChI is InChI=1S/2C21H23FN8O10P2S2.C21H24N8O13P2S/c2*22-12-15-11(38-20(12)29-6-25-13-9(31)1-2-24-16(13)29)5-36-41(33,43)39-10-3-8(4-35-42(34,44)40-15)37-19(10)30-7-26-14-17(30)27-21(23)28-18(14)32;22-21-26-17-11(18(33)27-21)25-6-29(17)20-15-12(31)9(45-20)4-39-44(36,37)41-14-8(3-38-43(34,35)42-15)40-19(13(14)32)28-5-24-10-7(30)1-2-23-16(10)28/h2*2,6-8,10-12,15,19-20H,1,3-5H2,(H,33,43)(H,34,44)(H3,23,27,28,32);2,5-6,8-9,12-15,19-20,31-32H,1,3-4H2,(H,34,35)(H,36,37)(H3,22,26,27,33)/t2*8-,10+,11+,12-,15+,19+,20+,41?,42?;8-,9-,12-,13-,14-,15-,19-,20-/m001/s1. The molecule has 714 valence electrons. The molecule has 21 heterocycles. The molecule has 0 aromatic carbocycles. The van der Waals surface area contributed by atoms with Gasteiger partial charge in [-0.05, 0) is 35.4 Å². The molecule has 57 nitrogen and oxygen atoms in total. The van der Waals surface area contributed by atoms with Gasteiger partial charge in [0.05, 0.1) is 101 Å². The van der Waals surface area contributed by atoms with E-state index in [0.717, 1.165) is 11.8 Å². The summed E-state index contributed by atoms with van der Waals surface area (Å²) in [5.74, 6) is -1.29. The number of alkyl halides is 2.